The van der Waals surface area contributed by atoms with Crippen LogP contribution in [0, 0.1) is 0 Å². The van der Waals surface area contributed by atoms with E-state index < -0.39 is 0 Å². The summed E-state index contributed by atoms with van der Waals surface area (Å²) in [6.07, 6.45) is 2.48. The second-order valence-corrected chi connectivity index (χ2v) is 4.35. The van der Waals surface area contributed by atoms with Gasteiger partial charge in [-0.1, -0.05) is 12.2 Å². The standard InChI is InChI=1S/C9H16N4OS/c1-9(2,14-3)4-5-13-6-11-8(12-13)7(10)15/h6H,4-5H2,1-3H3,(H2,10,15). The van der Waals surface area contributed by atoms with E-state index in [4.69, 9.17) is 22.7 Å². The van der Waals surface area contributed by atoms with Crippen LogP contribution in [0.15, 0.2) is 6.33 Å². The summed E-state index contributed by atoms with van der Waals surface area (Å²) >= 11 is 4.77. The molecule has 0 aromatic carbocycles. The molecule has 1 rings (SSSR count). The van der Waals surface area contributed by atoms with Crippen LogP contribution in [0.1, 0.15) is 26.1 Å². The van der Waals surface area contributed by atoms with Crippen LogP contribution < -0.4 is 5.73 Å². The molecule has 2 N–H and O–H groups in total. The van der Waals surface area contributed by atoms with Crippen molar-refractivity contribution in [1.29, 1.82) is 0 Å². The second-order valence-electron chi connectivity index (χ2n) is 3.91. The number of aromatic nitrogens is 3. The maximum atomic E-state index is 5.40. The summed E-state index contributed by atoms with van der Waals surface area (Å²) in [5.74, 6) is 0.417. The Morgan fingerprint density at radius 3 is 2.80 bits per heavy atom. The Labute approximate surface area is 94.6 Å². The van der Waals surface area contributed by atoms with Crippen LogP contribution in [0.5, 0.6) is 0 Å². The first kappa shape index (κ1) is 12.1. The van der Waals surface area contributed by atoms with Crippen molar-refractivity contribution in [3.05, 3.63) is 12.2 Å². The molecule has 6 heteroatoms. The molecular formula is C9H16N4OS. The second kappa shape index (κ2) is 4.67. The normalized spacial score (nSPS) is 11.7. The van der Waals surface area contributed by atoms with Crippen molar-refractivity contribution >= 4 is 17.2 Å². The van der Waals surface area contributed by atoms with Crippen molar-refractivity contribution in [2.75, 3.05) is 7.11 Å². The summed E-state index contributed by atoms with van der Waals surface area (Å²) in [7, 11) is 1.70. The van der Waals surface area contributed by atoms with Crippen LogP contribution in [-0.2, 0) is 11.3 Å². The summed E-state index contributed by atoms with van der Waals surface area (Å²) in [4.78, 5) is 4.21. The van der Waals surface area contributed by atoms with Gasteiger partial charge in [-0.05, 0) is 20.3 Å². The fourth-order valence-corrected chi connectivity index (χ4v) is 1.09. The van der Waals surface area contributed by atoms with Crippen molar-refractivity contribution in [3.8, 4) is 0 Å². The number of methoxy groups -OCH3 is 1. The van der Waals surface area contributed by atoms with E-state index in [1.54, 1.807) is 18.1 Å². The summed E-state index contributed by atoms with van der Waals surface area (Å²) < 4.78 is 7.02. The minimum atomic E-state index is -0.157. The number of ether oxygens (including phenoxy) is 1. The van der Waals surface area contributed by atoms with Crippen molar-refractivity contribution in [1.82, 2.24) is 14.8 Å². The van der Waals surface area contributed by atoms with Gasteiger partial charge in [0.2, 0.25) is 5.82 Å². The zero-order chi connectivity index (χ0) is 11.5. The molecule has 0 bridgehead atoms. The van der Waals surface area contributed by atoms with Gasteiger partial charge in [0.15, 0.2) is 0 Å². The van der Waals surface area contributed by atoms with Crippen molar-refractivity contribution < 1.29 is 4.74 Å². The van der Waals surface area contributed by atoms with E-state index >= 15 is 0 Å². The van der Waals surface area contributed by atoms with Gasteiger partial charge in [-0.3, -0.25) is 4.68 Å². The summed E-state index contributed by atoms with van der Waals surface area (Å²) in [6, 6.07) is 0. The van der Waals surface area contributed by atoms with Crippen LogP contribution in [0.3, 0.4) is 0 Å². The maximum Gasteiger partial charge on any atom is 0.208 e. The lowest BCUT2D eigenvalue weighted by molar-refractivity contribution is 0.0113. The molecule has 0 atom stereocenters. The van der Waals surface area contributed by atoms with Crippen LogP contribution in [0.25, 0.3) is 0 Å². The Morgan fingerprint density at radius 2 is 2.33 bits per heavy atom. The van der Waals surface area contributed by atoms with E-state index in [0.29, 0.717) is 5.82 Å². The lowest BCUT2D eigenvalue weighted by atomic mass is 10.1. The molecule has 1 aromatic heterocycles. The molecule has 1 aromatic rings. The number of hydrogen-bond acceptors (Lipinski definition) is 4. The van der Waals surface area contributed by atoms with Crippen LogP contribution >= 0.6 is 12.2 Å². The topological polar surface area (TPSA) is 66.0 Å². The molecular weight excluding hydrogens is 212 g/mol. The SMILES string of the molecule is COC(C)(C)CCn1cnc(C(N)=S)n1. The Bertz CT molecular complexity index is 348. The minimum absolute atomic E-state index is 0.157. The maximum absolute atomic E-state index is 5.40. The van der Waals surface area contributed by atoms with E-state index in [-0.39, 0.29) is 10.6 Å². The molecule has 0 fully saturated rings. The molecule has 0 spiro atoms. The van der Waals surface area contributed by atoms with Gasteiger partial charge < -0.3 is 10.5 Å². The van der Waals surface area contributed by atoms with E-state index in [0.717, 1.165) is 13.0 Å². The molecule has 0 amide bonds. The van der Waals surface area contributed by atoms with Gasteiger partial charge in [0.25, 0.3) is 0 Å². The van der Waals surface area contributed by atoms with Crippen LogP contribution in [-0.4, -0.2) is 32.5 Å². The predicted molar refractivity (Wildman–Crippen MR) is 61.6 cm³/mol. The lowest BCUT2D eigenvalue weighted by Gasteiger charge is -2.22. The summed E-state index contributed by atoms with van der Waals surface area (Å²) in [5, 5.41) is 4.13. The van der Waals surface area contributed by atoms with E-state index in [1.165, 1.54) is 0 Å². The minimum Gasteiger partial charge on any atom is -0.387 e. The average molecular weight is 228 g/mol. The predicted octanol–water partition coefficient (Wildman–Crippen LogP) is 0.727. The number of aryl methyl sites for hydroxylation is 1. The molecule has 0 aliphatic heterocycles. The molecule has 0 aliphatic rings. The van der Waals surface area contributed by atoms with Gasteiger partial charge in [-0.15, -0.1) is 5.10 Å². The number of nitrogens with two attached hydrogens (primary N) is 1. The first-order valence-corrected chi connectivity index (χ1v) is 5.10. The Morgan fingerprint density at radius 1 is 1.67 bits per heavy atom. The van der Waals surface area contributed by atoms with Gasteiger partial charge >= 0.3 is 0 Å². The third-order valence-electron chi connectivity index (χ3n) is 2.25. The Balaban J connectivity index is 2.55. The van der Waals surface area contributed by atoms with Crippen LogP contribution in [0.4, 0.5) is 0 Å². The fourth-order valence-electron chi connectivity index (χ4n) is 1.00. The van der Waals surface area contributed by atoms with E-state index in [2.05, 4.69) is 10.1 Å². The smallest absolute Gasteiger partial charge is 0.208 e. The molecule has 0 aliphatic carbocycles. The summed E-state index contributed by atoms with van der Waals surface area (Å²) in [5.41, 5.74) is 5.25. The monoisotopic (exact) mass is 228 g/mol. The zero-order valence-electron chi connectivity index (χ0n) is 9.23. The van der Waals surface area contributed by atoms with Crippen LogP contribution in [0.2, 0.25) is 0 Å². The molecule has 0 radical (unpaired) electrons. The number of hydrogen-bond donors (Lipinski definition) is 1. The average Bonchev–Trinajstić information content (AvgIpc) is 2.63. The number of nitrogens with zero attached hydrogens (tertiary/aromatic N) is 3. The van der Waals surface area contributed by atoms with Gasteiger partial charge in [-0.25, -0.2) is 4.98 Å². The van der Waals surface area contributed by atoms with Gasteiger partial charge in [-0.2, -0.15) is 0 Å². The highest BCUT2D eigenvalue weighted by molar-refractivity contribution is 7.80. The fraction of sp³-hybridized carbons (Fsp3) is 0.667. The highest BCUT2D eigenvalue weighted by atomic mass is 32.1. The largest absolute Gasteiger partial charge is 0.387 e. The van der Waals surface area contributed by atoms with E-state index in [9.17, 15) is 0 Å². The Kier molecular flexibility index (Phi) is 3.76. The van der Waals surface area contributed by atoms with Gasteiger partial charge in [0, 0.05) is 13.7 Å². The molecule has 0 saturated carbocycles. The summed E-state index contributed by atoms with van der Waals surface area (Å²) in [6.45, 7) is 4.78. The number of rotatable bonds is 5. The molecule has 15 heavy (non-hydrogen) atoms. The first-order chi connectivity index (χ1) is 6.94. The quantitative estimate of drug-likeness (QED) is 0.752. The van der Waals surface area contributed by atoms with Gasteiger partial charge in [0.1, 0.15) is 11.3 Å². The molecule has 1 heterocycles. The van der Waals surface area contributed by atoms with Crippen molar-refractivity contribution in [2.24, 2.45) is 5.73 Å². The molecule has 0 unspecified atom stereocenters. The first-order valence-electron chi connectivity index (χ1n) is 4.69. The number of thiocarbonyl (C=S) groups is 1. The van der Waals surface area contributed by atoms with Gasteiger partial charge in [0.05, 0.1) is 5.60 Å². The Hall–Kier alpha value is -1.01. The van der Waals surface area contributed by atoms with Crippen molar-refractivity contribution in [3.63, 3.8) is 0 Å². The zero-order valence-corrected chi connectivity index (χ0v) is 10.0. The highest BCUT2D eigenvalue weighted by Crippen LogP contribution is 2.13. The third-order valence-corrected chi connectivity index (χ3v) is 2.43. The molecule has 5 nitrogen and oxygen atoms in total. The van der Waals surface area contributed by atoms with E-state index in [1.807, 2.05) is 13.8 Å². The highest BCUT2D eigenvalue weighted by Gasteiger charge is 2.16. The third kappa shape index (κ3) is 3.56. The van der Waals surface area contributed by atoms with Crippen molar-refractivity contribution in [2.45, 2.75) is 32.4 Å². The molecule has 0 saturated heterocycles. The molecule has 84 valence electrons. The lowest BCUT2D eigenvalue weighted by Crippen LogP contribution is -2.24.